The molecule has 0 unspecified atom stereocenters. The summed E-state index contributed by atoms with van der Waals surface area (Å²) in [4.78, 5) is 11.4. The number of carbonyl (C=O) groups excluding carboxylic acids is 1. The lowest BCUT2D eigenvalue weighted by Gasteiger charge is -2.25. The van der Waals surface area contributed by atoms with E-state index < -0.39 is 0 Å². The zero-order valence-electron chi connectivity index (χ0n) is 10.3. The molecular formula is C13H19ClN2O. The molecule has 0 heterocycles. The van der Waals surface area contributed by atoms with E-state index in [1.54, 1.807) is 0 Å². The molecule has 94 valence electrons. The van der Waals surface area contributed by atoms with E-state index in [2.05, 4.69) is 19.2 Å². The summed E-state index contributed by atoms with van der Waals surface area (Å²) in [6.07, 6.45) is 0.367. The largest absolute Gasteiger partial charge is 0.355 e. The average Bonchev–Trinajstić information content (AvgIpc) is 2.27. The molecule has 1 rings (SSSR count). The van der Waals surface area contributed by atoms with Gasteiger partial charge in [-0.25, -0.2) is 0 Å². The molecule has 4 heteroatoms. The lowest BCUT2D eigenvalue weighted by Crippen LogP contribution is -2.37. The minimum absolute atomic E-state index is 0.0115. The molecule has 0 fully saturated rings. The van der Waals surface area contributed by atoms with Crippen molar-refractivity contribution in [1.82, 2.24) is 5.32 Å². The first kappa shape index (κ1) is 14.0. The summed E-state index contributed by atoms with van der Waals surface area (Å²) in [7, 11) is 0. The fraction of sp³-hybridized carbons (Fsp3) is 0.462. The SMILES string of the molecule is CC(C)(CNC(=O)CCN)c1cccc(Cl)c1. The highest BCUT2D eigenvalue weighted by molar-refractivity contribution is 6.30. The number of nitrogens with two attached hydrogens (primary N) is 1. The van der Waals surface area contributed by atoms with Crippen LogP contribution >= 0.6 is 11.6 Å². The minimum atomic E-state index is -0.144. The zero-order chi connectivity index (χ0) is 12.9. The van der Waals surface area contributed by atoms with Crippen molar-refractivity contribution in [2.24, 2.45) is 5.73 Å². The van der Waals surface area contributed by atoms with E-state index in [4.69, 9.17) is 17.3 Å². The number of nitrogens with one attached hydrogen (secondary N) is 1. The molecule has 0 bridgehead atoms. The van der Waals surface area contributed by atoms with Gasteiger partial charge in [-0.15, -0.1) is 0 Å². The van der Waals surface area contributed by atoms with Crippen molar-refractivity contribution in [3.05, 3.63) is 34.9 Å². The molecule has 0 aromatic heterocycles. The van der Waals surface area contributed by atoms with Gasteiger partial charge in [-0.05, 0) is 17.7 Å². The van der Waals surface area contributed by atoms with E-state index in [0.717, 1.165) is 5.56 Å². The Morgan fingerprint density at radius 3 is 2.76 bits per heavy atom. The summed E-state index contributed by atoms with van der Waals surface area (Å²) >= 11 is 5.96. The molecule has 0 saturated heterocycles. The smallest absolute Gasteiger partial charge is 0.221 e. The van der Waals surface area contributed by atoms with E-state index in [0.29, 0.717) is 24.5 Å². The van der Waals surface area contributed by atoms with Crippen molar-refractivity contribution in [2.75, 3.05) is 13.1 Å². The lowest BCUT2D eigenvalue weighted by atomic mass is 9.84. The topological polar surface area (TPSA) is 55.1 Å². The van der Waals surface area contributed by atoms with Crippen LogP contribution in [-0.4, -0.2) is 19.0 Å². The molecule has 17 heavy (non-hydrogen) atoms. The molecule has 1 aromatic carbocycles. The molecule has 0 saturated carbocycles. The maximum atomic E-state index is 11.4. The van der Waals surface area contributed by atoms with Crippen molar-refractivity contribution in [3.8, 4) is 0 Å². The number of amides is 1. The van der Waals surface area contributed by atoms with Gasteiger partial charge < -0.3 is 11.1 Å². The molecule has 0 radical (unpaired) electrons. The Balaban J connectivity index is 2.65. The summed E-state index contributed by atoms with van der Waals surface area (Å²) in [5.41, 5.74) is 6.29. The Morgan fingerprint density at radius 1 is 1.47 bits per heavy atom. The summed E-state index contributed by atoms with van der Waals surface area (Å²) in [6, 6.07) is 7.70. The van der Waals surface area contributed by atoms with Crippen molar-refractivity contribution < 1.29 is 4.79 Å². The van der Waals surface area contributed by atoms with Crippen LogP contribution < -0.4 is 11.1 Å². The Hall–Kier alpha value is -1.06. The first-order valence-electron chi connectivity index (χ1n) is 5.68. The molecule has 0 spiro atoms. The van der Waals surface area contributed by atoms with E-state index >= 15 is 0 Å². The predicted molar refractivity (Wildman–Crippen MR) is 71.2 cm³/mol. The van der Waals surface area contributed by atoms with Crippen LogP contribution in [0.3, 0.4) is 0 Å². The third kappa shape index (κ3) is 4.36. The molecule has 3 nitrogen and oxygen atoms in total. The van der Waals surface area contributed by atoms with Crippen LogP contribution in [0.1, 0.15) is 25.8 Å². The number of carbonyl (C=O) groups is 1. The normalized spacial score (nSPS) is 11.3. The molecule has 0 aliphatic carbocycles. The minimum Gasteiger partial charge on any atom is -0.355 e. The highest BCUT2D eigenvalue weighted by Gasteiger charge is 2.21. The zero-order valence-corrected chi connectivity index (χ0v) is 11.1. The second-order valence-corrected chi connectivity index (χ2v) is 5.15. The molecule has 0 aliphatic heterocycles. The van der Waals surface area contributed by atoms with Gasteiger partial charge in [0.05, 0.1) is 0 Å². The maximum Gasteiger partial charge on any atom is 0.221 e. The van der Waals surface area contributed by atoms with Crippen molar-refractivity contribution in [3.63, 3.8) is 0 Å². The number of halogens is 1. The molecule has 3 N–H and O–H groups in total. The monoisotopic (exact) mass is 254 g/mol. The van der Waals surface area contributed by atoms with Crippen LogP contribution in [0.4, 0.5) is 0 Å². The summed E-state index contributed by atoms with van der Waals surface area (Å²) in [6.45, 7) is 5.10. The molecular weight excluding hydrogens is 236 g/mol. The standard InChI is InChI=1S/C13H19ClN2O/c1-13(2,9-16-12(17)6-7-15)10-4-3-5-11(14)8-10/h3-5,8H,6-7,9,15H2,1-2H3,(H,16,17). The number of hydrogen-bond acceptors (Lipinski definition) is 2. The Kier molecular flexibility index (Phi) is 4.97. The number of benzene rings is 1. The number of hydrogen-bond donors (Lipinski definition) is 2. The second kappa shape index (κ2) is 6.03. The van der Waals surface area contributed by atoms with Gasteiger partial charge in [0.25, 0.3) is 0 Å². The molecule has 1 amide bonds. The van der Waals surface area contributed by atoms with Crippen molar-refractivity contribution in [2.45, 2.75) is 25.7 Å². The lowest BCUT2D eigenvalue weighted by molar-refractivity contribution is -0.121. The second-order valence-electron chi connectivity index (χ2n) is 4.71. The molecule has 1 aromatic rings. The highest BCUT2D eigenvalue weighted by atomic mass is 35.5. The van der Waals surface area contributed by atoms with Crippen molar-refractivity contribution >= 4 is 17.5 Å². The van der Waals surface area contributed by atoms with Gasteiger partial charge in [-0.3, -0.25) is 4.79 Å². The van der Waals surface area contributed by atoms with Crippen LogP contribution in [0, 0.1) is 0 Å². The van der Waals surface area contributed by atoms with Crippen LogP contribution in [0.2, 0.25) is 5.02 Å². The van der Waals surface area contributed by atoms with Gasteiger partial charge in [0, 0.05) is 29.9 Å². The Labute approximate surface area is 107 Å². The third-order valence-electron chi connectivity index (χ3n) is 2.70. The van der Waals surface area contributed by atoms with E-state index in [1.807, 2.05) is 24.3 Å². The Bertz CT molecular complexity index is 391. The van der Waals surface area contributed by atoms with Gasteiger partial charge in [-0.1, -0.05) is 37.6 Å². The fourth-order valence-electron chi connectivity index (χ4n) is 1.55. The van der Waals surface area contributed by atoms with Gasteiger partial charge in [0.2, 0.25) is 5.91 Å². The van der Waals surface area contributed by atoms with Crippen LogP contribution in [0.15, 0.2) is 24.3 Å². The molecule has 0 atom stereocenters. The highest BCUT2D eigenvalue weighted by Crippen LogP contribution is 2.24. The first-order chi connectivity index (χ1) is 7.95. The van der Waals surface area contributed by atoms with E-state index in [9.17, 15) is 4.79 Å². The summed E-state index contributed by atoms with van der Waals surface area (Å²) in [5, 5.41) is 3.59. The van der Waals surface area contributed by atoms with Crippen LogP contribution in [0.25, 0.3) is 0 Å². The van der Waals surface area contributed by atoms with Gasteiger partial charge in [-0.2, -0.15) is 0 Å². The van der Waals surface area contributed by atoms with Crippen LogP contribution in [-0.2, 0) is 10.2 Å². The quantitative estimate of drug-likeness (QED) is 0.845. The summed E-state index contributed by atoms with van der Waals surface area (Å²) in [5.74, 6) is -0.0115. The molecule has 0 aliphatic rings. The van der Waals surface area contributed by atoms with Gasteiger partial charge >= 0.3 is 0 Å². The first-order valence-corrected chi connectivity index (χ1v) is 6.06. The fourth-order valence-corrected chi connectivity index (χ4v) is 1.74. The third-order valence-corrected chi connectivity index (χ3v) is 2.94. The maximum absolute atomic E-state index is 11.4. The Morgan fingerprint density at radius 2 is 2.18 bits per heavy atom. The average molecular weight is 255 g/mol. The van der Waals surface area contributed by atoms with Gasteiger partial charge in [0.15, 0.2) is 0 Å². The van der Waals surface area contributed by atoms with Gasteiger partial charge in [0.1, 0.15) is 0 Å². The predicted octanol–water partition coefficient (Wildman–Crippen LogP) is 2.08. The van der Waals surface area contributed by atoms with E-state index in [-0.39, 0.29) is 11.3 Å². The summed E-state index contributed by atoms with van der Waals surface area (Å²) < 4.78 is 0. The van der Waals surface area contributed by atoms with Crippen LogP contribution in [0.5, 0.6) is 0 Å². The van der Waals surface area contributed by atoms with E-state index in [1.165, 1.54) is 0 Å². The van der Waals surface area contributed by atoms with Crippen molar-refractivity contribution in [1.29, 1.82) is 0 Å². The number of rotatable bonds is 5.